The first-order chi connectivity index (χ1) is 10.1. The molecule has 2 N–H and O–H groups in total. The normalized spacial score (nSPS) is 26.5. The molecular formula is C17H25N3S. The number of aryl methyl sites for hydroxylation is 1. The van der Waals surface area contributed by atoms with Gasteiger partial charge in [0.1, 0.15) is 4.99 Å². The third-order valence-electron chi connectivity index (χ3n) is 5.11. The van der Waals surface area contributed by atoms with E-state index in [0.717, 1.165) is 30.6 Å². The van der Waals surface area contributed by atoms with Gasteiger partial charge in [0.2, 0.25) is 0 Å². The minimum absolute atomic E-state index is 0.507. The van der Waals surface area contributed by atoms with Crippen molar-refractivity contribution in [2.24, 2.45) is 11.7 Å². The summed E-state index contributed by atoms with van der Waals surface area (Å²) in [4.78, 5) is 5.56. The Labute approximate surface area is 133 Å². The van der Waals surface area contributed by atoms with Crippen LogP contribution in [0.3, 0.4) is 0 Å². The fourth-order valence-corrected chi connectivity index (χ4v) is 4.16. The molecule has 2 saturated heterocycles. The van der Waals surface area contributed by atoms with Crippen LogP contribution < -0.4 is 10.6 Å². The first-order valence-corrected chi connectivity index (χ1v) is 8.32. The molecule has 1 aromatic carbocycles. The van der Waals surface area contributed by atoms with Gasteiger partial charge in [-0.25, -0.2) is 0 Å². The Hall–Kier alpha value is -1.13. The Balaban J connectivity index is 1.85. The fourth-order valence-electron chi connectivity index (χ4n) is 3.98. The SMILES string of the molecule is Cc1ccc(C(N)=S)c(N2CCC3C(CCCN3C)C2)c1. The molecule has 2 aliphatic heterocycles. The number of nitrogens with zero attached hydrogens (tertiary/aromatic N) is 2. The molecule has 2 heterocycles. The highest BCUT2D eigenvalue weighted by atomic mass is 32.1. The molecule has 2 aliphatic rings. The van der Waals surface area contributed by atoms with E-state index in [9.17, 15) is 0 Å². The summed E-state index contributed by atoms with van der Waals surface area (Å²) in [6, 6.07) is 7.17. The lowest BCUT2D eigenvalue weighted by Crippen LogP contribution is -2.53. The van der Waals surface area contributed by atoms with E-state index in [-0.39, 0.29) is 0 Å². The third kappa shape index (κ3) is 2.92. The van der Waals surface area contributed by atoms with Crippen LogP contribution in [0.25, 0.3) is 0 Å². The van der Waals surface area contributed by atoms with Gasteiger partial charge in [-0.3, -0.25) is 0 Å². The Morgan fingerprint density at radius 3 is 2.86 bits per heavy atom. The maximum Gasteiger partial charge on any atom is 0.106 e. The lowest BCUT2D eigenvalue weighted by atomic mass is 9.84. The van der Waals surface area contributed by atoms with Crippen molar-refractivity contribution in [2.75, 3.05) is 31.6 Å². The van der Waals surface area contributed by atoms with E-state index in [0.29, 0.717) is 4.99 Å². The minimum atomic E-state index is 0.507. The number of benzene rings is 1. The largest absolute Gasteiger partial charge is 0.389 e. The van der Waals surface area contributed by atoms with E-state index in [2.05, 4.69) is 42.0 Å². The zero-order chi connectivity index (χ0) is 15.0. The number of hydrogen-bond donors (Lipinski definition) is 1. The molecule has 0 saturated carbocycles. The average Bonchev–Trinajstić information content (AvgIpc) is 2.46. The van der Waals surface area contributed by atoms with Crippen molar-refractivity contribution in [3.05, 3.63) is 29.3 Å². The number of anilines is 1. The second kappa shape index (κ2) is 5.93. The van der Waals surface area contributed by atoms with Crippen molar-refractivity contribution in [3.63, 3.8) is 0 Å². The van der Waals surface area contributed by atoms with Crippen molar-refractivity contribution in [3.8, 4) is 0 Å². The predicted octanol–water partition coefficient (Wildman–Crippen LogP) is 2.55. The Morgan fingerprint density at radius 2 is 2.10 bits per heavy atom. The van der Waals surface area contributed by atoms with Crippen molar-refractivity contribution in [1.29, 1.82) is 0 Å². The van der Waals surface area contributed by atoms with E-state index >= 15 is 0 Å². The number of nitrogens with two attached hydrogens (primary N) is 1. The van der Waals surface area contributed by atoms with E-state index in [1.165, 1.54) is 37.1 Å². The molecule has 114 valence electrons. The van der Waals surface area contributed by atoms with E-state index in [1.807, 2.05) is 0 Å². The van der Waals surface area contributed by atoms with Gasteiger partial charge in [0.25, 0.3) is 0 Å². The second-order valence-electron chi connectivity index (χ2n) is 6.57. The number of rotatable bonds is 2. The summed E-state index contributed by atoms with van der Waals surface area (Å²) >= 11 is 5.24. The molecule has 2 atom stereocenters. The van der Waals surface area contributed by atoms with Gasteiger partial charge >= 0.3 is 0 Å². The Bertz CT molecular complexity index is 543. The van der Waals surface area contributed by atoms with E-state index in [4.69, 9.17) is 18.0 Å². The average molecular weight is 303 g/mol. The van der Waals surface area contributed by atoms with Crippen LogP contribution in [0.5, 0.6) is 0 Å². The van der Waals surface area contributed by atoms with Gasteiger partial charge in [0.15, 0.2) is 0 Å². The Kier molecular flexibility index (Phi) is 4.18. The summed E-state index contributed by atoms with van der Waals surface area (Å²) in [5.41, 5.74) is 9.45. The van der Waals surface area contributed by atoms with Gasteiger partial charge in [-0.1, -0.05) is 18.3 Å². The highest BCUT2D eigenvalue weighted by Gasteiger charge is 2.34. The molecule has 0 amide bonds. The Morgan fingerprint density at radius 1 is 1.29 bits per heavy atom. The quantitative estimate of drug-likeness (QED) is 0.851. The summed E-state index contributed by atoms with van der Waals surface area (Å²) in [5, 5.41) is 0. The molecule has 0 spiro atoms. The smallest absolute Gasteiger partial charge is 0.106 e. The van der Waals surface area contributed by atoms with Crippen LogP contribution in [0.15, 0.2) is 18.2 Å². The van der Waals surface area contributed by atoms with Gasteiger partial charge in [-0.05, 0) is 63.4 Å². The summed E-state index contributed by atoms with van der Waals surface area (Å²) in [7, 11) is 2.28. The van der Waals surface area contributed by atoms with Crippen LogP contribution in [0, 0.1) is 12.8 Å². The van der Waals surface area contributed by atoms with Gasteiger partial charge < -0.3 is 15.5 Å². The molecule has 1 aromatic rings. The van der Waals surface area contributed by atoms with E-state index in [1.54, 1.807) is 0 Å². The molecular weight excluding hydrogens is 278 g/mol. The number of thiocarbonyl (C=S) groups is 1. The van der Waals surface area contributed by atoms with E-state index < -0.39 is 0 Å². The lowest BCUT2D eigenvalue weighted by Gasteiger charge is -2.47. The molecule has 2 unspecified atom stereocenters. The first-order valence-electron chi connectivity index (χ1n) is 7.92. The summed E-state index contributed by atoms with van der Waals surface area (Å²) in [6.45, 7) is 5.62. The predicted molar refractivity (Wildman–Crippen MR) is 93.0 cm³/mol. The highest BCUT2D eigenvalue weighted by Crippen LogP contribution is 2.33. The van der Waals surface area contributed by atoms with Gasteiger partial charge in [-0.2, -0.15) is 0 Å². The molecule has 3 rings (SSSR count). The zero-order valence-corrected chi connectivity index (χ0v) is 13.8. The van der Waals surface area contributed by atoms with Crippen molar-refractivity contribution in [2.45, 2.75) is 32.2 Å². The standard InChI is InChI=1S/C17H25N3S/c1-12-5-6-14(17(18)21)16(10-12)20-9-7-15-13(11-20)4-3-8-19(15)2/h5-6,10,13,15H,3-4,7-9,11H2,1-2H3,(H2,18,21). The number of piperidine rings is 2. The molecule has 4 heteroatoms. The molecule has 0 radical (unpaired) electrons. The topological polar surface area (TPSA) is 32.5 Å². The van der Waals surface area contributed by atoms with Crippen LogP contribution >= 0.6 is 12.2 Å². The summed E-state index contributed by atoms with van der Waals surface area (Å²) < 4.78 is 0. The van der Waals surface area contributed by atoms with Gasteiger partial charge in [0.05, 0.1) is 0 Å². The van der Waals surface area contributed by atoms with Crippen LogP contribution in [0.4, 0.5) is 5.69 Å². The molecule has 3 nitrogen and oxygen atoms in total. The zero-order valence-electron chi connectivity index (χ0n) is 13.0. The third-order valence-corrected chi connectivity index (χ3v) is 5.33. The molecule has 2 fully saturated rings. The van der Waals surface area contributed by atoms with Crippen LogP contribution in [-0.2, 0) is 0 Å². The van der Waals surface area contributed by atoms with Crippen molar-refractivity contribution < 1.29 is 0 Å². The van der Waals surface area contributed by atoms with Crippen molar-refractivity contribution in [1.82, 2.24) is 4.90 Å². The number of fused-ring (bicyclic) bond motifs is 1. The molecule has 0 aliphatic carbocycles. The first kappa shape index (κ1) is 14.8. The van der Waals surface area contributed by atoms with Crippen LogP contribution in [0.1, 0.15) is 30.4 Å². The fraction of sp³-hybridized carbons (Fsp3) is 0.588. The van der Waals surface area contributed by atoms with Crippen LogP contribution in [-0.4, -0.2) is 42.6 Å². The maximum absolute atomic E-state index is 5.92. The number of likely N-dealkylation sites (tertiary alicyclic amines) is 1. The highest BCUT2D eigenvalue weighted by molar-refractivity contribution is 7.80. The second-order valence-corrected chi connectivity index (χ2v) is 7.01. The van der Waals surface area contributed by atoms with Gasteiger partial charge in [-0.15, -0.1) is 0 Å². The minimum Gasteiger partial charge on any atom is -0.389 e. The van der Waals surface area contributed by atoms with Crippen molar-refractivity contribution >= 4 is 22.9 Å². The summed E-state index contributed by atoms with van der Waals surface area (Å²) in [5.74, 6) is 0.775. The molecule has 0 bridgehead atoms. The van der Waals surface area contributed by atoms with Gasteiger partial charge in [0, 0.05) is 30.4 Å². The molecule has 21 heavy (non-hydrogen) atoms. The van der Waals surface area contributed by atoms with Crippen LogP contribution in [0.2, 0.25) is 0 Å². The monoisotopic (exact) mass is 303 g/mol. The number of hydrogen-bond acceptors (Lipinski definition) is 3. The summed E-state index contributed by atoms with van der Waals surface area (Å²) in [6.07, 6.45) is 3.91. The maximum atomic E-state index is 5.92. The lowest BCUT2D eigenvalue weighted by molar-refractivity contribution is 0.102. The molecule has 0 aromatic heterocycles.